The van der Waals surface area contributed by atoms with Crippen molar-refractivity contribution in [1.29, 1.82) is 0 Å². The van der Waals surface area contributed by atoms with E-state index in [-0.39, 0.29) is 11.9 Å². The molecule has 0 spiro atoms. The molecule has 1 N–H and O–H groups in total. The number of hydrogen-bond donors (Lipinski definition) is 1. The Bertz CT molecular complexity index is 732. The van der Waals surface area contributed by atoms with Gasteiger partial charge >= 0.3 is 0 Å². The van der Waals surface area contributed by atoms with Gasteiger partial charge in [0.05, 0.1) is 19.3 Å². The second-order valence-corrected chi connectivity index (χ2v) is 7.56. The van der Waals surface area contributed by atoms with Crippen molar-refractivity contribution in [2.45, 2.75) is 32.7 Å². The molecule has 0 bridgehead atoms. The summed E-state index contributed by atoms with van der Waals surface area (Å²) in [4.78, 5) is 15.0. The minimum Gasteiger partial charge on any atom is -0.379 e. The SMILES string of the molecule is Cc1ccc(C(=O)NC[C@@H](c2ccc(C(C)C)cc2)N2CCOCC2)cc1. The Balaban J connectivity index is 1.73. The summed E-state index contributed by atoms with van der Waals surface area (Å²) in [5, 5.41) is 3.13. The molecule has 2 aromatic carbocycles. The number of rotatable bonds is 6. The lowest BCUT2D eigenvalue weighted by molar-refractivity contribution is 0.0162. The second kappa shape index (κ2) is 9.16. The van der Waals surface area contributed by atoms with Crippen LogP contribution in [0, 0.1) is 6.92 Å². The van der Waals surface area contributed by atoms with Crippen LogP contribution in [0.5, 0.6) is 0 Å². The van der Waals surface area contributed by atoms with Crippen LogP contribution in [0.2, 0.25) is 0 Å². The van der Waals surface area contributed by atoms with Gasteiger partial charge in [-0.1, -0.05) is 55.8 Å². The number of aryl methyl sites for hydroxylation is 1. The average molecular weight is 367 g/mol. The molecule has 4 nitrogen and oxygen atoms in total. The third kappa shape index (κ3) is 5.18. The van der Waals surface area contributed by atoms with Gasteiger partial charge in [0.15, 0.2) is 0 Å². The van der Waals surface area contributed by atoms with Crippen LogP contribution >= 0.6 is 0 Å². The van der Waals surface area contributed by atoms with Crippen LogP contribution < -0.4 is 5.32 Å². The van der Waals surface area contributed by atoms with Crippen molar-refractivity contribution in [2.75, 3.05) is 32.8 Å². The maximum Gasteiger partial charge on any atom is 0.251 e. The lowest BCUT2D eigenvalue weighted by Crippen LogP contribution is -2.43. The fourth-order valence-corrected chi connectivity index (χ4v) is 3.45. The van der Waals surface area contributed by atoms with E-state index in [0.29, 0.717) is 18.0 Å². The van der Waals surface area contributed by atoms with Gasteiger partial charge in [-0.15, -0.1) is 0 Å². The lowest BCUT2D eigenvalue weighted by Gasteiger charge is -2.35. The Hall–Kier alpha value is -2.17. The van der Waals surface area contributed by atoms with Crippen LogP contribution in [0.3, 0.4) is 0 Å². The summed E-state index contributed by atoms with van der Waals surface area (Å²) in [6.07, 6.45) is 0. The summed E-state index contributed by atoms with van der Waals surface area (Å²) in [6.45, 7) is 10.3. The number of morpholine rings is 1. The topological polar surface area (TPSA) is 41.6 Å². The molecule has 0 aromatic heterocycles. The molecule has 4 heteroatoms. The Morgan fingerprint density at radius 2 is 1.59 bits per heavy atom. The highest BCUT2D eigenvalue weighted by molar-refractivity contribution is 5.94. The molecule has 0 aliphatic carbocycles. The predicted molar refractivity (Wildman–Crippen MR) is 109 cm³/mol. The molecule has 1 fully saturated rings. The maximum atomic E-state index is 12.6. The highest BCUT2D eigenvalue weighted by Gasteiger charge is 2.23. The molecule has 1 atom stereocenters. The number of nitrogens with zero attached hydrogens (tertiary/aromatic N) is 1. The highest BCUT2D eigenvalue weighted by Crippen LogP contribution is 2.24. The van der Waals surface area contributed by atoms with E-state index in [1.807, 2.05) is 31.2 Å². The number of carbonyl (C=O) groups excluding carboxylic acids is 1. The molecular weight excluding hydrogens is 336 g/mol. The third-order valence-corrected chi connectivity index (χ3v) is 5.24. The predicted octanol–water partition coefficient (Wildman–Crippen LogP) is 3.92. The van der Waals surface area contributed by atoms with Gasteiger partial charge in [0.2, 0.25) is 0 Å². The Labute approximate surface area is 162 Å². The molecule has 2 aromatic rings. The van der Waals surface area contributed by atoms with Crippen LogP contribution in [-0.4, -0.2) is 43.7 Å². The standard InChI is InChI=1S/C23H30N2O2/c1-17(2)19-8-10-20(11-9-19)22(25-12-14-27-15-13-25)16-24-23(26)21-6-4-18(3)5-7-21/h4-11,17,22H,12-16H2,1-3H3,(H,24,26)/t22-/m0/s1. The zero-order valence-corrected chi connectivity index (χ0v) is 16.6. The van der Waals surface area contributed by atoms with Gasteiger partial charge in [0.1, 0.15) is 0 Å². The normalized spacial score (nSPS) is 16.3. The summed E-state index contributed by atoms with van der Waals surface area (Å²) in [5.74, 6) is 0.495. The van der Waals surface area contributed by atoms with Crippen LogP contribution in [0.25, 0.3) is 0 Å². The van der Waals surface area contributed by atoms with Crippen LogP contribution in [-0.2, 0) is 4.74 Å². The largest absolute Gasteiger partial charge is 0.379 e. The number of ether oxygens (including phenoxy) is 1. The van der Waals surface area contributed by atoms with E-state index >= 15 is 0 Å². The molecule has 1 aliphatic heterocycles. The number of hydrogen-bond acceptors (Lipinski definition) is 3. The molecular formula is C23H30N2O2. The maximum absolute atomic E-state index is 12.6. The average Bonchev–Trinajstić information content (AvgIpc) is 2.69. The monoisotopic (exact) mass is 366 g/mol. The van der Waals surface area contributed by atoms with E-state index in [0.717, 1.165) is 31.9 Å². The van der Waals surface area contributed by atoms with Crippen LogP contribution in [0.1, 0.15) is 52.9 Å². The van der Waals surface area contributed by atoms with E-state index in [1.165, 1.54) is 11.1 Å². The van der Waals surface area contributed by atoms with Crippen LogP contribution in [0.4, 0.5) is 0 Å². The van der Waals surface area contributed by atoms with Crippen molar-refractivity contribution in [3.63, 3.8) is 0 Å². The van der Waals surface area contributed by atoms with Crippen molar-refractivity contribution >= 4 is 5.91 Å². The van der Waals surface area contributed by atoms with Gasteiger partial charge in [0.25, 0.3) is 5.91 Å². The van der Waals surface area contributed by atoms with Crippen LogP contribution in [0.15, 0.2) is 48.5 Å². The van der Waals surface area contributed by atoms with Gasteiger partial charge in [-0.25, -0.2) is 0 Å². The summed E-state index contributed by atoms with van der Waals surface area (Å²) in [7, 11) is 0. The fraction of sp³-hybridized carbons (Fsp3) is 0.435. The molecule has 0 saturated carbocycles. The Morgan fingerprint density at radius 3 is 2.19 bits per heavy atom. The van der Waals surface area contributed by atoms with Gasteiger partial charge in [0, 0.05) is 25.2 Å². The number of benzene rings is 2. The molecule has 3 rings (SSSR count). The van der Waals surface area contributed by atoms with Gasteiger partial charge in [-0.05, 0) is 36.1 Å². The Morgan fingerprint density at radius 1 is 1.00 bits per heavy atom. The molecule has 27 heavy (non-hydrogen) atoms. The molecule has 0 unspecified atom stereocenters. The van der Waals surface area contributed by atoms with E-state index < -0.39 is 0 Å². The van der Waals surface area contributed by atoms with Gasteiger partial charge in [-0.2, -0.15) is 0 Å². The minimum atomic E-state index is -0.0212. The summed E-state index contributed by atoms with van der Waals surface area (Å²) in [6, 6.07) is 16.7. The van der Waals surface area contributed by atoms with E-state index in [9.17, 15) is 4.79 Å². The van der Waals surface area contributed by atoms with Crippen molar-refractivity contribution < 1.29 is 9.53 Å². The first kappa shape index (κ1) is 19.6. The molecule has 1 heterocycles. The first-order chi connectivity index (χ1) is 13.0. The zero-order valence-electron chi connectivity index (χ0n) is 16.6. The molecule has 144 valence electrons. The molecule has 1 saturated heterocycles. The van der Waals surface area contributed by atoms with Crippen molar-refractivity contribution in [1.82, 2.24) is 10.2 Å². The van der Waals surface area contributed by atoms with Crippen molar-refractivity contribution in [2.24, 2.45) is 0 Å². The van der Waals surface area contributed by atoms with Crippen molar-refractivity contribution in [3.8, 4) is 0 Å². The highest BCUT2D eigenvalue weighted by atomic mass is 16.5. The van der Waals surface area contributed by atoms with Gasteiger partial charge in [-0.3, -0.25) is 9.69 Å². The van der Waals surface area contributed by atoms with E-state index in [4.69, 9.17) is 4.74 Å². The van der Waals surface area contributed by atoms with Crippen molar-refractivity contribution in [3.05, 3.63) is 70.8 Å². The second-order valence-electron chi connectivity index (χ2n) is 7.56. The number of nitrogens with one attached hydrogen (secondary N) is 1. The molecule has 0 radical (unpaired) electrons. The number of amides is 1. The minimum absolute atomic E-state index is 0.0212. The quantitative estimate of drug-likeness (QED) is 0.842. The lowest BCUT2D eigenvalue weighted by atomic mass is 9.98. The molecule has 1 aliphatic rings. The Kier molecular flexibility index (Phi) is 6.64. The van der Waals surface area contributed by atoms with E-state index in [2.05, 4.69) is 48.3 Å². The number of carbonyl (C=O) groups is 1. The summed E-state index contributed by atoms with van der Waals surface area (Å²) in [5.41, 5.74) is 4.44. The smallest absolute Gasteiger partial charge is 0.251 e. The summed E-state index contributed by atoms with van der Waals surface area (Å²) < 4.78 is 5.51. The third-order valence-electron chi connectivity index (χ3n) is 5.24. The molecule has 1 amide bonds. The van der Waals surface area contributed by atoms with Gasteiger partial charge < -0.3 is 10.1 Å². The zero-order chi connectivity index (χ0) is 19.2. The first-order valence-electron chi connectivity index (χ1n) is 9.81. The fourth-order valence-electron chi connectivity index (χ4n) is 3.45. The first-order valence-corrected chi connectivity index (χ1v) is 9.81. The van der Waals surface area contributed by atoms with E-state index in [1.54, 1.807) is 0 Å². The summed E-state index contributed by atoms with van der Waals surface area (Å²) >= 11 is 0.